The number of ether oxygens (including phenoxy) is 1. The number of aromatic nitrogens is 2. The SMILES string of the molecule is COc1ccc(C2=NN(C(=O)CSc3nnc(N)s3)[C@H](c3ccco3)C2)cc1. The summed E-state index contributed by atoms with van der Waals surface area (Å²) in [5, 5.41) is 14.2. The van der Waals surface area contributed by atoms with Crippen LogP contribution in [0.4, 0.5) is 5.13 Å². The molecule has 10 heteroatoms. The van der Waals surface area contributed by atoms with Crippen molar-refractivity contribution in [2.75, 3.05) is 18.6 Å². The Labute approximate surface area is 169 Å². The molecule has 1 aromatic carbocycles. The Bertz CT molecular complexity index is 985. The highest BCUT2D eigenvalue weighted by Crippen LogP contribution is 2.34. The molecule has 0 spiro atoms. The van der Waals surface area contributed by atoms with Crippen LogP contribution in [0.15, 0.2) is 56.5 Å². The number of nitrogen functional groups attached to an aromatic ring is 1. The Kier molecular flexibility index (Phi) is 5.31. The van der Waals surface area contributed by atoms with Crippen LogP contribution >= 0.6 is 23.1 Å². The number of methoxy groups -OCH3 is 1. The predicted octanol–water partition coefficient (Wildman–Crippen LogP) is 3.19. The van der Waals surface area contributed by atoms with E-state index in [0.717, 1.165) is 17.0 Å². The van der Waals surface area contributed by atoms with Crippen molar-refractivity contribution in [2.45, 2.75) is 16.8 Å². The van der Waals surface area contributed by atoms with E-state index in [-0.39, 0.29) is 17.7 Å². The fourth-order valence-corrected chi connectivity index (χ4v) is 4.36. The second-order valence-electron chi connectivity index (χ2n) is 5.94. The Morgan fingerprint density at radius 3 is 2.82 bits per heavy atom. The van der Waals surface area contributed by atoms with E-state index in [9.17, 15) is 4.79 Å². The fourth-order valence-electron chi connectivity index (χ4n) is 2.87. The van der Waals surface area contributed by atoms with E-state index in [1.54, 1.807) is 13.4 Å². The molecule has 1 atom stereocenters. The molecule has 0 saturated carbocycles. The van der Waals surface area contributed by atoms with Gasteiger partial charge in [-0.15, -0.1) is 10.2 Å². The highest BCUT2D eigenvalue weighted by molar-refractivity contribution is 8.01. The van der Waals surface area contributed by atoms with Gasteiger partial charge in [-0.3, -0.25) is 4.79 Å². The molecule has 3 heterocycles. The molecule has 8 nitrogen and oxygen atoms in total. The maximum atomic E-state index is 12.9. The van der Waals surface area contributed by atoms with Gasteiger partial charge in [0, 0.05) is 6.42 Å². The number of furan rings is 1. The zero-order valence-electron chi connectivity index (χ0n) is 14.9. The third-order valence-electron chi connectivity index (χ3n) is 4.20. The number of nitrogens with two attached hydrogens (primary N) is 1. The molecular formula is C18H17N5O3S2. The lowest BCUT2D eigenvalue weighted by molar-refractivity contribution is -0.130. The molecule has 1 aliphatic rings. The van der Waals surface area contributed by atoms with Gasteiger partial charge >= 0.3 is 0 Å². The van der Waals surface area contributed by atoms with Crippen molar-refractivity contribution in [3.05, 3.63) is 54.0 Å². The van der Waals surface area contributed by atoms with Gasteiger partial charge in [-0.2, -0.15) is 5.10 Å². The average Bonchev–Trinajstić information content (AvgIpc) is 3.46. The van der Waals surface area contributed by atoms with Crippen molar-refractivity contribution in [1.82, 2.24) is 15.2 Å². The number of anilines is 1. The zero-order valence-corrected chi connectivity index (χ0v) is 16.6. The Morgan fingerprint density at radius 2 is 2.18 bits per heavy atom. The highest BCUT2D eigenvalue weighted by atomic mass is 32.2. The molecule has 28 heavy (non-hydrogen) atoms. The number of hydrazone groups is 1. The molecule has 0 radical (unpaired) electrons. The predicted molar refractivity (Wildman–Crippen MR) is 107 cm³/mol. The van der Waals surface area contributed by atoms with Crippen LogP contribution in [0.3, 0.4) is 0 Å². The number of thioether (sulfide) groups is 1. The molecule has 2 aromatic heterocycles. The molecule has 4 rings (SSSR count). The summed E-state index contributed by atoms with van der Waals surface area (Å²) in [4.78, 5) is 12.9. The molecule has 144 valence electrons. The van der Waals surface area contributed by atoms with Crippen LogP contribution in [-0.4, -0.2) is 39.7 Å². The highest BCUT2D eigenvalue weighted by Gasteiger charge is 2.34. The van der Waals surface area contributed by atoms with Gasteiger partial charge in [0.25, 0.3) is 5.91 Å². The lowest BCUT2D eigenvalue weighted by Gasteiger charge is -2.19. The Balaban J connectivity index is 1.55. The average molecular weight is 416 g/mol. The molecule has 2 N–H and O–H groups in total. The third kappa shape index (κ3) is 3.87. The molecule has 0 bridgehead atoms. The number of carbonyl (C=O) groups excluding carboxylic acids is 1. The summed E-state index contributed by atoms with van der Waals surface area (Å²) in [7, 11) is 1.62. The number of nitrogens with zero attached hydrogens (tertiary/aromatic N) is 4. The molecule has 0 saturated heterocycles. The molecule has 1 aliphatic heterocycles. The van der Waals surface area contributed by atoms with Gasteiger partial charge in [0.1, 0.15) is 17.6 Å². The van der Waals surface area contributed by atoms with Crippen LogP contribution in [0.2, 0.25) is 0 Å². The molecule has 0 fully saturated rings. The first-order valence-electron chi connectivity index (χ1n) is 8.43. The van der Waals surface area contributed by atoms with Crippen LogP contribution in [0.5, 0.6) is 5.75 Å². The largest absolute Gasteiger partial charge is 0.497 e. The lowest BCUT2D eigenvalue weighted by atomic mass is 10.0. The minimum Gasteiger partial charge on any atom is -0.497 e. The maximum Gasteiger partial charge on any atom is 0.253 e. The number of carbonyl (C=O) groups is 1. The molecule has 0 unspecified atom stereocenters. The van der Waals surface area contributed by atoms with Crippen LogP contribution in [0.25, 0.3) is 0 Å². The van der Waals surface area contributed by atoms with E-state index in [1.165, 1.54) is 28.1 Å². The summed E-state index contributed by atoms with van der Waals surface area (Å²) >= 11 is 2.55. The summed E-state index contributed by atoms with van der Waals surface area (Å²) in [6.45, 7) is 0. The van der Waals surface area contributed by atoms with Crippen LogP contribution < -0.4 is 10.5 Å². The number of hydrogen-bond acceptors (Lipinski definition) is 9. The first kappa shape index (κ1) is 18.5. The smallest absolute Gasteiger partial charge is 0.253 e. The quantitative estimate of drug-likeness (QED) is 0.616. The second kappa shape index (κ2) is 8.03. The minimum absolute atomic E-state index is 0.135. The van der Waals surface area contributed by atoms with Crippen LogP contribution in [0.1, 0.15) is 23.8 Å². The van der Waals surface area contributed by atoms with Crippen molar-refractivity contribution in [1.29, 1.82) is 0 Å². The van der Waals surface area contributed by atoms with Crippen molar-refractivity contribution >= 4 is 39.8 Å². The summed E-state index contributed by atoms with van der Waals surface area (Å²) in [6, 6.07) is 11.0. The summed E-state index contributed by atoms with van der Waals surface area (Å²) < 4.78 is 11.4. The first-order chi connectivity index (χ1) is 13.6. The maximum absolute atomic E-state index is 12.9. The Hall–Kier alpha value is -2.85. The third-order valence-corrected chi connectivity index (χ3v) is 6.07. The summed E-state index contributed by atoms with van der Waals surface area (Å²) in [5.41, 5.74) is 7.35. The molecule has 1 amide bonds. The number of hydrogen-bond donors (Lipinski definition) is 1. The van der Waals surface area contributed by atoms with Crippen molar-refractivity contribution in [2.24, 2.45) is 5.10 Å². The van der Waals surface area contributed by atoms with Crippen LogP contribution in [-0.2, 0) is 4.79 Å². The van der Waals surface area contributed by atoms with E-state index in [2.05, 4.69) is 15.3 Å². The van der Waals surface area contributed by atoms with Gasteiger partial charge in [0.05, 0.1) is 24.8 Å². The monoisotopic (exact) mass is 415 g/mol. The minimum atomic E-state index is -0.278. The van der Waals surface area contributed by atoms with E-state index in [0.29, 0.717) is 21.7 Å². The van der Waals surface area contributed by atoms with E-state index in [1.807, 2.05) is 36.4 Å². The standard InChI is InChI=1S/C18H17N5O3S2/c1-25-12-6-4-11(5-7-12)13-9-14(15-3-2-8-26-15)23(22-13)16(24)10-27-18-21-20-17(19)28-18/h2-8,14H,9-10H2,1H3,(H2,19,20)/t14-/m0/s1. The first-order valence-corrected chi connectivity index (χ1v) is 10.2. The van der Waals surface area contributed by atoms with Crippen molar-refractivity contribution < 1.29 is 13.9 Å². The van der Waals surface area contributed by atoms with Gasteiger partial charge in [0.15, 0.2) is 4.34 Å². The molecule has 3 aromatic rings. The zero-order chi connectivity index (χ0) is 19.5. The van der Waals surface area contributed by atoms with Crippen LogP contribution in [0, 0.1) is 0 Å². The van der Waals surface area contributed by atoms with E-state index < -0.39 is 0 Å². The van der Waals surface area contributed by atoms with E-state index in [4.69, 9.17) is 14.9 Å². The van der Waals surface area contributed by atoms with Crippen molar-refractivity contribution in [3.8, 4) is 5.75 Å². The number of benzene rings is 1. The summed E-state index contributed by atoms with van der Waals surface area (Å²) in [6.07, 6.45) is 2.17. The lowest BCUT2D eigenvalue weighted by Crippen LogP contribution is -2.28. The van der Waals surface area contributed by atoms with Gasteiger partial charge in [-0.25, -0.2) is 5.01 Å². The second-order valence-corrected chi connectivity index (χ2v) is 8.18. The normalized spacial score (nSPS) is 16.2. The summed E-state index contributed by atoms with van der Waals surface area (Å²) in [5.74, 6) is 1.52. The van der Waals surface area contributed by atoms with Gasteiger partial charge < -0.3 is 14.9 Å². The Morgan fingerprint density at radius 1 is 1.36 bits per heavy atom. The topological polar surface area (TPSA) is 107 Å². The number of amides is 1. The molecule has 0 aliphatic carbocycles. The van der Waals surface area contributed by atoms with Crippen molar-refractivity contribution in [3.63, 3.8) is 0 Å². The van der Waals surface area contributed by atoms with Gasteiger partial charge in [-0.05, 0) is 42.0 Å². The van der Waals surface area contributed by atoms with Gasteiger partial charge in [-0.1, -0.05) is 23.1 Å². The molecular weight excluding hydrogens is 398 g/mol. The number of rotatable bonds is 6. The van der Waals surface area contributed by atoms with E-state index >= 15 is 0 Å². The van der Waals surface area contributed by atoms with Gasteiger partial charge in [0.2, 0.25) is 5.13 Å². The fraction of sp³-hybridized carbons (Fsp3) is 0.222.